The Morgan fingerprint density at radius 1 is 1.07 bits per heavy atom. The van der Waals surface area contributed by atoms with Crippen LogP contribution in [0.25, 0.3) is 5.57 Å². The number of rotatable bonds is 6. The van der Waals surface area contributed by atoms with Gasteiger partial charge in [0.05, 0.1) is 38.0 Å². The molecule has 1 aromatic rings. The van der Waals surface area contributed by atoms with E-state index in [9.17, 15) is 9.59 Å². The molecule has 3 rings (SSSR count). The summed E-state index contributed by atoms with van der Waals surface area (Å²) in [4.78, 5) is 29.6. The highest BCUT2D eigenvalue weighted by Gasteiger charge is 2.41. The molecule has 0 spiro atoms. The van der Waals surface area contributed by atoms with Crippen molar-refractivity contribution in [2.75, 3.05) is 39.5 Å². The van der Waals surface area contributed by atoms with Gasteiger partial charge in [0.1, 0.15) is 5.70 Å². The number of hydrogen-bond donors (Lipinski definition) is 0. The summed E-state index contributed by atoms with van der Waals surface area (Å²) in [5, 5.41) is 0. The van der Waals surface area contributed by atoms with Gasteiger partial charge in [-0.15, -0.1) is 0 Å². The molecule has 27 heavy (non-hydrogen) atoms. The Morgan fingerprint density at radius 2 is 1.78 bits per heavy atom. The molecule has 6 heteroatoms. The van der Waals surface area contributed by atoms with Crippen LogP contribution in [0.2, 0.25) is 0 Å². The fourth-order valence-corrected chi connectivity index (χ4v) is 3.38. The largest absolute Gasteiger partial charge is 0.378 e. The van der Waals surface area contributed by atoms with Gasteiger partial charge >= 0.3 is 0 Å². The van der Waals surface area contributed by atoms with Crippen LogP contribution in [-0.2, 0) is 19.1 Å². The molecule has 0 atom stereocenters. The Hall–Kier alpha value is -2.18. The third kappa shape index (κ3) is 4.06. The van der Waals surface area contributed by atoms with Crippen LogP contribution >= 0.6 is 0 Å². The van der Waals surface area contributed by atoms with Gasteiger partial charge in [-0.1, -0.05) is 18.2 Å². The fourth-order valence-electron chi connectivity index (χ4n) is 3.38. The van der Waals surface area contributed by atoms with Gasteiger partial charge in [0, 0.05) is 13.1 Å². The average Bonchev–Trinajstić information content (AvgIpc) is 2.89. The maximum absolute atomic E-state index is 13.2. The quantitative estimate of drug-likeness (QED) is 0.716. The zero-order chi connectivity index (χ0) is 19.6. The van der Waals surface area contributed by atoms with Crippen LogP contribution in [0, 0.1) is 13.8 Å². The van der Waals surface area contributed by atoms with Crippen LogP contribution in [0.1, 0.15) is 30.5 Å². The van der Waals surface area contributed by atoms with E-state index in [2.05, 4.69) is 0 Å². The maximum atomic E-state index is 13.2. The zero-order valence-corrected chi connectivity index (χ0v) is 16.6. The zero-order valence-electron chi connectivity index (χ0n) is 16.6. The van der Waals surface area contributed by atoms with Gasteiger partial charge in [-0.2, -0.15) is 0 Å². The lowest BCUT2D eigenvalue weighted by Gasteiger charge is -2.29. The third-order valence-corrected chi connectivity index (χ3v) is 5.03. The van der Waals surface area contributed by atoms with Gasteiger partial charge in [-0.05, 0) is 44.4 Å². The molecule has 2 amide bonds. The SMILES string of the molecule is Cc1ccc(C2=C(N3CCOCC3)C(=O)N(CCOC(C)C)C2=O)cc1C. The summed E-state index contributed by atoms with van der Waals surface area (Å²) in [6.07, 6.45) is 0.0590. The number of ether oxygens (including phenoxy) is 2. The summed E-state index contributed by atoms with van der Waals surface area (Å²) in [5.74, 6) is -0.473. The topological polar surface area (TPSA) is 59.1 Å². The van der Waals surface area contributed by atoms with Gasteiger partial charge in [-0.3, -0.25) is 14.5 Å². The number of morpholine rings is 1. The van der Waals surface area contributed by atoms with Crippen molar-refractivity contribution in [1.29, 1.82) is 0 Å². The molecule has 6 nitrogen and oxygen atoms in total. The molecule has 1 aromatic carbocycles. The van der Waals surface area contributed by atoms with Crippen LogP contribution in [-0.4, -0.2) is 67.2 Å². The van der Waals surface area contributed by atoms with E-state index in [1.54, 1.807) is 0 Å². The highest BCUT2D eigenvalue weighted by atomic mass is 16.5. The average molecular weight is 372 g/mol. The van der Waals surface area contributed by atoms with E-state index in [-0.39, 0.29) is 24.5 Å². The first-order valence-corrected chi connectivity index (χ1v) is 9.52. The van der Waals surface area contributed by atoms with Crippen molar-refractivity contribution in [2.24, 2.45) is 0 Å². The van der Waals surface area contributed by atoms with Crippen molar-refractivity contribution >= 4 is 17.4 Å². The Labute approximate surface area is 160 Å². The predicted octanol–water partition coefficient (Wildman–Crippen LogP) is 2.14. The second kappa shape index (κ2) is 8.23. The first kappa shape index (κ1) is 19.6. The van der Waals surface area contributed by atoms with Crippen molar-refractivity contribution in [1.82, 2.24) is 9.80 Å². The Balaban J connectivity index is 1.96. The molecule has 0 bridgehead atoms. The number of amides is 2. The minimum absolute atomic E-state index is 0.0590. The number of benzene rings is 1. The molecular formula is C21H28N2O4. The summed E-state index contributed by atoms with van der Waals surface area (Å²) >= 11 is 0. The number of carbonyl (C=O) groups is 2. The summed E-state index contributed by atoms with van der Waals surface area (Å²) in [5.41, 5.74) is 4.05. The minimum atomic E-state index is -0.239. The molecule has 2 aliphatic rings. The van der Waals surface area contributed by atoms with E-state index in [0.29, 0.717) is 44.2 Å². The molecule has 1 fully saturated rings. The van der Waals surface area contributed by atoms with E-state index >= 15 is 0 Å². The van der Waals surface area contributed by atoms with Gasteiger partial charge < -0.3 is 14.4 Å². The van der Waals surface area contributed by atoms with Crippen LogP contribution < -0.4 is 0 Å². The van der Waals surface area contributed by atoms with Crippen LogP contribution in [0.4, 0.5) is 0 Å². The first-order valence-electron chi connectivity index (χ1n) is 9.52. The number of carbonyl (C=O) groups excluding carboxylic acids is 2. The smallest absolute Gasteiger partial charge is 0.277 e. The normalized spacial score (nSPS) is 18.3. The summed E-state index contributed by atoms with van der Waals surface area (Å²) < 4.78 is 11.0. The number of imide groups is 1. The van der Waals surface area contributed by atoms with Crippen molar-refractivity contribution in [3.63, 3.8) is 0 Å². The highest BCUT2D eigenvalue weighted by Crippen LogP contribution is 2.32. The van der Waals surface area contributed by atoms with Gasteiger partial charge in [0.25, 0.3) is 11.8 Å². The van der Waals surface area contributed by atoms with Crippen LogP contribution in [0.3, 0.4) is 0 Å². The fraction of sp³-hybridized carbons (Fsp3) is 0.524. The molecule has 0 saturated carbocycles. The predicted molar refractivity (Wildman–Crippen MR) is 103 cm³/mol. The van der Waals surface area contributed by atoms with Crippen molar-refractivity contribution < 1.29 is 19.1 Å². The highest BCUT2D eigenvalue weighted by molar-refractivity contribution is 6.35. The lowest BCUT2D eigenvalue weighted by atomic mass is 9.99. The minimum Gasteiger partial charge on any atom is -0.378 e. The van der Waals surface area contributed by atoms with Gasteiger partial charge in [0.15, 0.2) is 0 Å². The van der Waals surface area contributed by atoms with Gasteiger partial charge in [-0.25, -0.2) is 0 Å². The molecule has 2 heterocycles. The van der Waals surface area contributed by atoms with Crippen molar-refractivity contribution in [3.05, 3.63) is 40.6 Å². The molecule has 0 unspecified atom stereocenters. The summed E-state index contributed by atoms with van der Waals surface area (Å²) in [6, 6.07) is 5.92. The maximum Gasteiger partial charge on any atom is 0.277 e. The second-order valence-corrected chi connectivity index (χ2v) is 7.30. The van der Waals surface area contributed by atoms with E-state index in [4.69, 9.17) is 9.47 Å². The Morgan fingerprint density at radius 3 is 2.41 bits per heavy atom. The summed E-state index contributed by atoms with van der Waals surface area (Å²) in [7, 11) is 0. The van der Waals surface area contributed by atoms with E-state index in [0.717, 1.165) is 16.7 Å². The molecule has 0 radical (unpaired) electrons. The van der Waals surface area contributed by atoms with Crippen LogP contribution in [0.15, 0.2) is 23.9 Å². The van der Waals surface area contributed by atoms with Crippen LogP contribution in [0.5, 0.6) is 0 Å². The standard InChI is InChI=1S/C21H28N2O4/c1-14(2)27-12-9-23-20(24)18(17-6-5-15(3)16(4)13-17)19(21(23)25)22-7-10-26-11-8-22/h5-6,13-14H,7-12H2,1-4H3. The van der Waals surface area contributed by atoms with Crippen molar-refractivity contribution in [3.8, 4) is 0 Å². The lowest BCUT2D eigenvalue weighted by molar-refractivity contribution is -0.138. The van der Waals surface area contributed by atoms with E-state index in [1.807, 2.05) is 50.8 Å². The second-order valence-electron chi connectivity index (χ2n) is 7.30. The molecule has 0 N–H and O–H groups in total. The number of nitrogens with zero attached hydrogens (tertiary/aromatic N) is 2. The third-order valence-electron chi connectivity index (χ3n) is 5.03. The molecule has 146 valence electrons. The summed E-state index contributed by atoms with van der Waals surface area (Å²) in [6.45, 7) is 10.9. The molecule has 0 aliphatic carbocycles. The van der Waals surface area contributed by atoms with E-state index < -0.39 is 0 Å². The molecule has 2 aliphatic heterocycles. The Bertz CT molecular complexity index is 763. The van der Waals surface area contributed by atoms with Gasteiger partial charge in [0.2, 0.25) is 0 Å². The Kier molecular flexibility index (Phi) is 5.97. The lowest BCUT2D eigenvalue weighted by Crippen LogP contribution is -2.41. The number of hydrogen-bond acceptors (Lipinski definition) is 5. The molecule has 0 aromatic heterocycles. The number of aryl methyl sites for hydroxylation is 2. The monoisotopic (exact) mass is 372 g/mol. The van der Waals surface area contributed by atoms with E-state index in [1.165, 1.54) is 4.90 Å². The van der Waals surface area contributed by atoms with Crippen molar-refractivity contribution in [2.45, 2.75) is 33.8 Å². The molecular weight excluding hydrogens is 344 g/mol. The first-order chi connectivity index (χ1) is 12.9. The molecule has 1 saturated heterocycles.